The van der Waals surface area contributed by atoms with Crippen LogP contribution in [0.4, 0.5) is 5.69 Å². The van der Waals surface area contributed by atoms with E-state index in [0.29, 0.717) is 12.8 Å². The highest BCUT2D eigenvalue weighted by Crippen LogP contribution is 2.31. The monoisotopic (exact) mass is 605 g/mol. The van der Waals surface area contributed by atoms with Gasteiger partial charge < -0.3 is 14.9 Å². The van der Waals surface area contributed by atoms with Gasteiger partial charge in [-0.3, -0.25) is 14.5 Å². The zero-order chi connectivity index (χ0) is 32.0. The smallest absolute Gasteiger partial charge is 0.310 e. The third-order valence-electron chi connectivity index (χ3n) is 9.93. The van der Waals surface area contributed by atoms with E-state index in [4.69, 9.17) is 0 Å². The molecule has 1 saturated heterocycles. The lowest BCUT2D eigenvalue weighted by atomic mass is 9.79. The van der Waals surface area contributed by atoms with Gasteiger partial charge in [0.15, 0.2) is 5.78 Å². The topological polar surface area (TPSA) is 64.1 Å². The lowest BCUT2D eigenvalue weighted by molar-refractivity contribution is -0.138. The second-order valence-electron chi connectivity index (χ2n) is 13.1. The molecule has 6 heteroatoms. The quantitative estimate of drug-likeness (QED) is 0.122. The van der Waals surface area contributed by atoms with Gasteiger partial charge in [-0.1, -0.05) is 95.9 Å². The number of Topliss-reactive ketones (excluding diaryl/α,β-unsaturated/α-hetero) is 1. The number of hydrogen-bond acceptors (Lipinski definition) is 5. The van der Waals surface area contributed by atoms with E-state index in [-0.39, 0.29) is 5.78 Å². The van der Waals surface area contributed by atoms with Gasteiger partial charge >= 0.3 is 5.97 Å². The van der Waals surface area contributed by atoms with Crippen LogP contribution in [0.1, 0.15) is 119 Å². The number of aliphatic carboxylic acids is 1. The first-order valence-corrected chi connectivity index (χ1v) is 17.3. The molecule has 1 aliphatic heterocycles. The van der Waals surface area contributed by atoms with E-state index in [0.717, 1.165) is 55.8 Å². The average molecular weight is 606 g/mol. The maximum atomic E-state index is 14.5. The molecule has 3 rings (SSSR count). The molecule has 1 aliphatic rings. The van der Waals surface area contributed by atoms with Crippen molar-refractivity contribution in [2.24, 2.45) is 0 Å². The zero-order valence-electron chi connectivity index (χ0n) is 28.3. The maximum Gasteiger partial charge on any atom is 0.310 e. The number of carbonyl (C=O) groups excluding carboxylic acids is 1. The minimum absolute atomic E-state index is 0.169. The van der Waals surface area contributed by atoms with Gasteiger partial charge in [0.25, 0.3) is 0 Å². The highest BCUT2D eigenvalue weighted by Gasteiger charge is 2.41. The number of anilines is 1. The molecule has 0 radical (unpaired) electrons. The number of piperazine rings is 1. The van der Waals surface area contributed by atoms with Crippen molar-refractivity contribution in [3.8, 4) is 0 Å². The lowest BCUT2D eigenvalue weighted by Crippen LogP contribution is -2.54. The van der Waals surface area contributed by atoms with Crippen molar-refractivity contribution in [2.45, 2.75) is 109 Å². The van der Waals surface area contributed by atoms with E-state index in [1.165, 1.54) is 63.5 Å². The van der Waals surface area contributed by atoms with Crippen molar-refractivity contribution in [1.29, 1.82) is 0 Å². The molecule has 1 fully saturated rings. The van der Waals surface area contributed by atoms with Gasteiger partial charge in [0.05, 0.1) is 11.5 Å². The Morgan fingerprint density at radius 2 is 1.36 bits per heavy atom. The molecule has 0 saturated carbocycles. The molecule has 2 aromatic carbocycles. The predicted octanol–water partition coefficient (Wildman–Crippen LogP) is 8.05. The fourth-order valence-corrected chi connectivity index (χ4v) is 6.56. The predicted molar refractivity (Wildman–Crippen MR) is 184 cm³/mol. The number of hydrogen-bond donors (Lipinski definition) is 1. The number of ketones is 1. The number of carboxylic acid groups (broad SMARTS) is 1. The van der Waals surface area contributed by atoms with Crippen LogP contribution in [0, 0.1) is 0 Å². The van der Waals surface area contributed by atoms with Crippen LogP contribution in [0.5, 0.6) is 0 Å². The SMILES string of the molecule is CCCCCCCCCCCCN(C)C(CC)(Cc1ccc(C(C)C(=O)O)cc1)C(=O)c1ccc(N2CCN(C)CC2)cc1. The molecule has 1 N–H and O–H groups in total. The number of rotatable bonds is 20. The fraction of sp³-hybridized carbons (Fsp3) is 0.632. The van der Waals surface area contributed by atoms with Crippen molar-refractivity contribution < 1.29 is 14.7 Å². The molecule has 244 valence electrons. The Bertz CT molecular complexity index is 1130. The number of benzene rings is 2. The Hall–Kier alpha value is -2.70. The Balaban J connectivity index is 1.72. The Morgan fingerprint density at radius 3 is 1.89 bits per heavy atom. The molecule has 6 nitrogen and oxygen atoms in total. The molecule has 2 atom stereocenters. The van der Waals surface area contributed by atoms with Crippen LogP contribution in [-0.4, -0.2) is 79.0 Å². The van der Waals surface area contributed by atoms with E-state index >= 15 is 0 Å². The highest BCUT2D eigenvalue weighted by atomic mass is 16.4. The summed E-state index contributed by atoms with van der Waals surface area (Å²) in [5, 5.41) is 9.45. The number of carbonyl (C=O) groups is 2. The van der Waals surface area contributed by atoms with Gasteiger partial charge in [0.1, 0.15) is 0 Å². The second kappa shape index (κ2) is 18.3. The van der Waals surface area contributed by atoms with E-state index in [1.54, 1.807) is 6.92 Å². The van der Waals surface area contributed by atoms with E-state index in [9.17, 15) is 14.7 Å². The summed E-state index contributed by atoms with van der Waals surface area (Å²) in [4.78, 5) is 33.1. The molecule has 1 heterocycles. The molecule has 2 aromatic rings. The van der Waals surface area contributed by atoms with Gasteiger partial charge in [-0.15, -0.1) is 0 Å². The number of nitrogens with zero attached hydrogens (tertiary/aromatic N) is 3. The summed E-state index contributed by atoms with van der Waals surface area (Å²) in [5.41, 5.74) is 3.11. The van der Waals surface area contributed by atoms with Crippen molar-refractivity contribution in [2.75, 3.05) is 51.7 Å². The van der Waals surface area contributed by atoms with Gasteiger partial charge in [0.2, 0.25) is 0 Å². The van der Waals surface area contributed by atoms with E-state index in [2.05, 4.69) is 54.8 Å². The van der Waals surface area contributed by atoms with E-state index in [1.807, 2.05) is 36.4 Å². The van der Waals surface area contributed by atoms with Crippen molar-refractivity contribution >= 4 is 17.4 Å². The van der Waals surface area contributed by atoms with Gasteiger partial charge in [0, 0.05) is 37.4 Å². The van der Waals surface area contributed by atoms with Gasteiger partial charge in [-0.05, 0) is 82.2 Å². The maximum absolute atomic E-state index is 14.5. The summed E-state index contributed by atoms with van der Waals surface area (Å²) in [6.45, 7) is 11.1. The van der Waals surface area contributed by atoms with Crippen molar-refractivity contribution in [1.82, 2.24) is 9.80 Å². The van der Waals surface area contributed by atoms with E-state index < -0.39 is 17.4 Å². The normalized spacial score (nSPS) is 16.2. The third-order valence-corrected chi connectivity index (χ3v) is 9.93. The summed E-state index contributed by atoms with van der Waals surface area (Å²) in [6.07, 6.45) is 14.2. The zero-order valence-corrected chi connectivity index (χ0v) is 28.3. The molecule has 0 bridgehead atoms. The molecular weight excluding hydrogens is 546 g/mol. The van der Waals surface area contributed by atoms with Crippen LogP contribution >= 0.6 is 0 Å². The first-order chi connectivity index (χ1) is 21.2. The first kappa shape index (κ1) is 35.8. The van der Waals surface area contributed by atoms with Gasteiger partial charge in [-0.2, -0.15) is 0 Å². The minimum Gasteiger partial charge on any atom is -0.481 e. The number of likely N-dealkylation sites (N-methyl/N-ethyl adjacent to an activating group) is 2. The van der Waals surface area contributed by atoms with Crippen LogP contribution in [-0.2, 0) is 11.2 Å². The first-order valence-electron chi connectivity index (χ1n) is 17.3. The van der Waals surface area contributed by atoms with Crippen molar-refractivity contribution in [3.05, 3.63) is 65.2 Å². The standard InChI is InChI=1S/C38H59N3O3/c1-6-8-9-10-11-12-13-14-15-16-25-40(5)38(7-2,30-32-17-19-33(20-18-32)31(3)37(43)44)36(42)34-21-23-35(24-22-34)41-28-26-39(4)27-29-41/h17-24,31H,6-16,25-30H2,1-5H3,(H,43,44). The van der Waals surface area contributed by atoms with Crippen LogP contribution < -0.4 is 4.90 Å². The third kappa shape index (κ3) is 10.2. The Kier molecular flexibility index (Phi) is 14.9. The largest absolute Gasteiger partial charge is 0.481 e. The Morgan fingerprint density at radius 1 is 0.818 bits per heavy atom. The molecule has 2 unspecified atom stereocenters. The second-order valence-corrected chi connectivity index (χ2v) is 13.1. The van der Waals surface area contributed by atoms with Crippen LogP contribution in [0.2, 0.25) is 0 Å². The summed E-state index contributed by atoms with van der Waals surface area (Å²) in [6, 6.07) is 16.1. The van der Waals surface area contributed by atoms with Crippen LogP contribution in [0.15, 0.2) is 48.5 Å². The summed E-state index contributed by atoms with van der Waals surface area (Å²) in [7, 11) is 4.28. The summed E-state index contributed by atoms with van der Waals surface area (Å²) < 4.78 is 0. The average Bonchev–Trinajstić information content (AvgIpc) is 3.04. The molecule has 0 spiro atoms. The summed E-state index contributed by atoms with van der Waals surface area (Å²) in [5.74, 6) is -1.21. The lowest BCUT2D eigenvalue weighted by Gasteiger charge is -2.41. The highest BCUT2D eigenvalue weighted by molar-refractivity contribution is 6.03. The van der Waals surface area contributed by atoms with Gasteiger partial charge in [-0.25, -0.2) is 0 Å². The molecule has 44 heavy (non-hydrogen) atoms. The molecule has 0 amide bonds. The van der Waals surface area contributed by atoms with Crippen LogP contribution in [0.3, 0.4) is 0 Å². The minimum atomic E-state index is -0.827. The summed E-state index contributed by atoms with van der Waals surface area (Å²) >= 11 is 0. The number of unbranched alkanes of at least 4 members (excludes halogenated alkanes) is 9. The van der Waals surface area contributed by atoms with Crippen LogP contribution in [0.25, 0.3) is 0 Å². The molecular formula is C38H59N3O3. The number of carboxylic acids is 1. The molecule has 0 aliphatic carbocycles. The Labute approximate surface area is 267 Å². The molecule has 0 aromatic heterocycles. The fourth-order valence-electron chi connectivity index (χ4n) is 6.56. The van der Waals surface area contributed by atoms with Crippen molar-refractivity contribution in [3.63, 3.8) is 0 Å².